The number of likely N-dealkylation sites (N-methyl/N-ethyl adjacent to an activating group) is 1. The molecule has 0 saturated carbocycles. The van der Waals surface area contributed by atoms with E-state index in [0.717, 1.165) is 11.3 Å². The Hall–Kier alpha value is -1.04. The van der Waals surface area contributed by atoms with Gasteiger partial charge in [-0.2, -0.15) is 11.8 Å². The lowest BCUT2D eigenvalue weighted by Gasteiger charge is -2.31. The van der Waals surface area contributed by atoms with Gasteiger partial charge < -0.3 is 15.2 Å². The molecule has 1 aromatic carbocycles. The Labute approximate surface area is 124 Å². The largest absolute Gasteiger partial charge is 0.467 e. The van der Waals surface area contributed by atoms with Gasteiger partial charge in [0.25, 0.3) is 0 Å². The van der Waals surface area contributed by atoms with E-state index in [4.69, 9.17) is 9.84 Å². The van der Waals surface area contributed by atoms with E-state index in [1.54, 1.807) is 18.8 Å². The molecule has 0 amide bonds. The number of esters is 1. The molecule has 0 aromatic heterocycles. The zero-order chi connectivity index (χ0) is 15.0. The van der Waals surface area contributed by atoms with Gasteiger partial charge in [-0.3, -0.25) is 0 Å². The number of thioether (sulfide) groups is 1. The lowest BCUT2D eigenvalue weighted by molar-refractivity contribution is -0.147. The summed E-state index contributed by atoms with van der Waals surface area (Å²) >= 11 is 1.63. The first-order chi connectivity index (χ1) is 9.60. The van der Waals surface area contributed by atoms with Crippen LogP contribution < -0.4 is 5.32 Å². The molecule has 1 aromatic rings. The molecule has 0 aliphatic rings. The molecule has 2 atom stereocenters. The van der Waals surface area contributed by atoms with Gasteiger partial charge in [-0.15, -0.1) is 0 Å². The van der Waals surface area contributed by atoms with Gasteiger partial charge in [-0.05, 0) is 24.3 Å². The molecule has 0 radical (unpaired) electrons. The number of carbonyl (C=O) groups is 1. The van der Waals surface area contributed by atoms with E-state index in [1.807, 2.05) is 37.3 Å². The van der Waals surface area contributed by atoms with Crippen LogP contribution in [0.3, 0.4) is 0 Å². The van der Waals surface area contributed by atoms with Crippen molar-refractivity contribution < 1.29 is 14.6 Å². The molecule has 4 nitrogen and oxygen atoms in total. The average molecular weight is 297 g/mol. The number of hydrogen-bond donors (Lipinski definition) is 2. The molecule has 112 valence electrons. The van der Waals surface area contributed by atoms with Crippen LogP contribution in [0.25, 0.3) is 0 Å². The molecule has 0 aliphatic carbocycles. The van der Waals surface area contributed by atoms with Crippen molar-refractivity contribution in [3.05, 3.63) is 35.9 Å². The van der Waals surface area contributed by atoms with E-state index in [9.17, 15) is 4.79 Å². The van der Waals surface area contributed by atoms with Gasteiger partial charge >= 0.3 is 5.97 Å². The molecule has 0 spiro atoms. The number of nitrogens with one attached hydrogen (secondary N) is 1. The van der Waals surface area contributed by atoms with Crippen molar-refractivity contribution in [1.82, 2.24) is 5.32 Å². The number of rotatable bonds is 8. The zero-order valence-corrected chi connectivity index (χ0v) is 13.1. The van der Waals surface area contributed by atoms with E-state index in [2.05, 4.69) is 5.32 Å². The molecule has 2 unspecified atom stereocenters. The van der Waals surface area contributed by atoms with Crippen molar-refractivity contribution in [1.29, 1.82) is 0 Å². The van der Waals surface area contributed by atoms with Gasteiger partial charge in [0, 0.05) is 12.4 Å². The molecule has 0 bridgehead atoms. The first-order valence-corrected chi connectivity index (χ1v) is 7.77. The van der Waals surface area contributed by atoms with E-state index in [0.29, 0.717) is 5.75 Å². The van der Waals surface area contributed by atoms with Gasteiger partial charge in [0.05, 0.1) is 7.11 Å². The first kappa shape index (κ1) is 17.0. The normalized spacial score (nSPS) is 15.4. The van der Waals surface area contributed by atoms with Crippen LogP contribution in [-0.2, 0) is 15.1 Å². The number of methoxy groups -OCH3 is 1. The summed E-state index contributed by atoms with van der Waals surface area (Å²) in [6.45, 7) is 2.14. The fourth-order valence-corrected chi connectivity index (χ4v) is 3.30. The smallest absolute Gasteiger partial charge is 0.331 e. The quantitative estimate of drug-likeness (QED) is 0.714. The van der Waals surface area contributed by atoms with Crippen molar-refractivity contribution >= 4 is 17.7 Å². The number of ether oxygens (including phenoxy) is 1. The minimum absolute atomic E-state index is 0.156. The van der Waals surface area contributed by atoms with Crippen LogP contribution in [0, 0.1) is 5.92 Å². The fourth-order valence-electron chi connectivity index (χ4n) is 1.94. The van der Waals surface area contributed by atoms with Crippen LogP contribution in [0.2, 0.25) is 0 Å². The molecule has 0 heterocycles. The minimum Gasteiger partial charge on any atom is -0.467 e. The fraction of sp³-hybridized carbons (Fsp3) is 0.533. The Morgan fingerprint density at radius 3 is 2.60 bits per heavy atom. The number of hydrogen-bond acceptors (Lipinski definition) is 5. The average Bonchev–Trinajstić information content (AvgIpc) is 2.51. The van der Waals surface area contributed by atoms with Gasteiger partial charge in [-0.25, -0.2) is 4.79 Å². The highest BCUT2D eigenvalue weighted by Crippen LogP contribution is 2.28. The van der Waals surface area contributed by atoms with E-state index in [-0.39, 0.29) is 18.5 Å². The Morgan fingerprint density at radius 2 is 2.10 bits per heavy atom. The molecule has 0 fully saturated rings. The Kier molecular flexibility index (Phi) is 7.05. The van der Waals surface area contributed by atoms with Gasteiger partial charge in [0.15, 0.2) is 5.54 Å². The third-order valence-electron chi connectivity index (χ3n) is 3.26. The molecule has 5 heteroatoms. The Balaban J connectivity index is 2.92. The van der Waals surface area contributed by atoms with Crippen LogP contribution in [0.15, 0.2) is 30.3 Å². The summed E-state index contributed by atoms with van der Waals surface area (Å²) in [4.78, 5) is 12.3. The second-order valence-corrected chi connectivity index (χ2v) is 5.85. The molecule has 2 N–H and O–H groups in total. The van der Waals surface area contributed by atoms with Crippen molar-refractivity contribution in [2.45, 2.75) is 12.5 Å². The molecular weight excluding hydrogens is 274 g/mol. The van der Waals surface area contributed by atoms with E-state index < -0.39 is 5.54 Å². The summed E-state index contributed by atoms with van der Waals surface area (Å²) in [6.07, 6.45) is 0. The van der Waals surface area contributed by atoms with E-state index in [1.165, 1.54) is 7.11 Å². The number of benzene rings is 1. The highest BCUT2D eigenvalue weighted by molar-refractivity contribution is 7.99. The van der Waals surface area contributed by atoms with Gasteiger partial charge in [0.1, 0.15) is 0 Å². The van der Waals surface area contributed by atoms with Crippen LogP contribution in [0.4, 0.5) is 0 Å². The Morgan fingerprint density at radius 1 is 1.45 bits per heavy atom. The van der Waals surface area contributed by atoms with Crippen molar-refractivity contribution in [3.8, 4) is 0 Å². The van der Waals surface area contributed by atoms with Crippen LogP contribution in [0.1, 0.15) is 12.5 Å². The van der Waals surface area contributed by atoms with Crippen LogP contribution in [0.5, 0.6) is 0 Å². The lowest BCUT2D eigenvalue weighted by atomic mass is 9.92. The highest BCUT2D eigenvalue weighted by atomic mass is 32.2. The molecule has 0 saturated heterocycles. The SMILES string of the molecule is CNC(CSCC(C)CO)(C(=O)OC)c1ccccc1. The maximum absolute atomic E-state index is 12.3. The second kappa shape index (κ2) is 8.29. The summed E-state index contributed by atoms with van der Waals surface area (Å²) in [7, 11) is 3.17. The van der Waals surface area contributed by atoms with Crippen molar-refractivity contribution in [2.24, 2.45) is 5.92 Å². The Bertz CT molecular complexity index is 413. The van der Waals surface area contributed by atoms with Crippen LogP contribution >= 0.6 is 11.8 Å². The molecule has 20 heavy (non-hydrogen) atoms. The summed E-state index contributed by atoms with van der Waals surface area (Å²) in [5.41, 5.74) is 0.0362. The van der Waals surface area contributed by atoms with Crippen molar-refractivity contribution in [2.75, 3.05) is 32.3 Å². The highest BCUT2D eigenvalue weighted by Gasteiger charge is 2.39. The van der Waals surface area contributed by atoms with Crippen molar-refractivity contribution in [3.63, 3.8) is 0 Å². The third-order valence-corrected chi connectivity index (χ3v) is 4.70. The summed E-state index contributed by atoms with van der Waals surface area (Å²) in [5, 5.41) is 12.2. The van der Waals surface area contributed by atoms with Crippen LogP contribution in [-0.4, -0.2) is 43.3 Å². The predicted molar refractivity (Wildman–Crippen MR) is 82.8 cm³/mol. The first-order valence-electron chi connectivity index (χ1n) is 6.62. The summed E-state index contributed by atoms with van der Waals surface area (Å²) in [6, 6.07) is 9.58. The standard InChI is InChI=1S/C15H23NO3S/c1-12(9-17)10-20-11-15(16-2,14(18)19-3)13-7-5-4-6-8-13/h4-8,12,16-17H,9-11H2,1-3H3. The van der Waals surface area contributed by atoms with Gasteiger partial charge in [-0.1, -0.05) is 37.3 Å². The second-order valence-electron chi connectivity index (χ2n) is 4.82. The molecule has 0 aliphatic heterocycles. The number of carbonyl (C=O) groups excluding carboxylic acids is 1. The maximum Gasteiger partial charge on any atom is 0.331 e. The molecular formula is C15H23NO3S. The summed E-state index contributed by atoms with van der Waals surface area (Å²) < 4.78 is 4.98. The maximum atomic E-state index is 12.3. The summed E-state index contributed by atoms with van der Waals surface area (Å²) in [5.74, 6) is 1.27. The lowest BCUT2D eigenvalue weighted by Crippen LogP contribution is -2.50. The minimum atomic E-state index is -0.851. The monoisotopic (exact) mass is 297 g/mol. The number of aliphatic hydroxyl groups is 1. The molecule has 1 rings (SSSR count). The third kappa shape index (κ3) is 3.98. The zero-order valence-electron chi connectivity index (χ0n) is 12.3. The topological polar surface area (TPSA) is 58.6 Å². The van der Waals surface area contributed by atoms with Gasteiger partial charge in [0.2, 0.25) is 0 Å². The number of aliphatic hydroxyl groups excluding tert-OH is 1. The predicted octanol–water partition coefficient (Wildman–Crippen LogP) is 1.64. The van der Waals surface area contributed by atoms with E-state index >= 15 is 0 Å².